The fraction of sp³-hybridized carbons (Fsp3) is 0.533. The number of β-amino-alcohol motifs (C(OH)–C–C–N with tert-alkyl or cyclic N) is 1. The van der Waals surface area contributed by atoms with E-state index in [1.807, 2.05) is 6.07 Å². The molecule has 36 heavy (non-hydrogen) atoms. The van der Waals surface area contributed by atoms with E-state index >= 15 is 0 Å². The Hall–Kier alpha value is -2.88. The second-order valence-electron chi connectivity index (χ2n) is 10.5. The van der Waals surface area contributed by atoms with E-state index in [4.69, 9.17) is 9.47 Å². The first-order chi connectivity index (χ1) is 17.3. The topological polar surface area (TPSA) is 91.6 Å². The minimum atomic E-state index is -0.714. The summed E-state index contributed by atoms with van der Waals surface area (Å²) in [5.74, 6) is 0.806. The fourth-order valence-corrected chi connectivity index (χ4v) is 4.81. The molecule has 0 aromatic heterocycles. The van der Waals surface area contributed by atoms with Gasteiger partial charge in [-0.3, -0.25) is 4.79 Å². The SMILES string of the molecule is CCCCOC(=O)CCc1ccc(C#N)c(OCC(O)CNC(C)(C)CC2Cc3ccccc3C2)c1. The minimum absolute atomic E-state index is 0.0785. The normalized spacial score (nSPS) is 14.2. The van der Waals surface area contributed by atoms with Crippen molar-refractivity contribution in [3.05, 3.63) is 64.7 Å². The molecule has 2 aromatic carbocycles. The van der Waals surface area contributed by atoms with Gasteiger partial charge in [0.15, 0.2) is 0 Å². The van der Waals surface area contributed by atoms with Crippen molar-refractivity contribution in [3.8, 4) is 11.8 Å². The van der Waals surface area contributed by atoms with Crippen molar-refractivity contribution in [2.75, 3.05) is 19.8 Å². The molecular weight excluding hydrogens is 452 g/mol. The van der Waals surface area contributed by atoms with Gasteiger partial charge in [0, 0.05) is 18.5 Å². The van der Waals surface area contributed by atoms with E-state index in [1.54, 1.807) is 12.1 Å². The molecule has 1 aliphatic carbocycles. The second-order valence-corrected chi connectivity index (χ2v) is 10.5. The molecule has 0 heterocycles. The predicted octanol–water partition coefficient (Wildman–Crippen LogP) is 4.75. The lowest BCUT2D eigenvalue weighted by Crippen LogP contribution is -2.46. The molecule has 0 spiro atoms. The molecule has 0 saturated carbocycles. The van der Waals surface area contributed by atoms with Crippen LogP contribution >= 0.6 is 0 Å². The van der Waals surface area contributed by atoms with Gasteiger partial charge in [-0.25, -0.2) is 0 Å². The fourth-order valence-electron chi connectivity index (χ4n) is 4.81. The summed E-state index contributed by atoms with van der Waals surface area (Å²) in [4.78, 5) is 11.9. The number of benzene rings is 2. The van der Waals surface area contributed by atoms with Crippen LogP contribution in [0.25, 0.3) is 0 Å². The molecule has 0 amide bonds. The van der Waals surface area contributed by atoms with Crippen molar-refractivity contribution in [2.24, 2.45) is 5.92 Å². The summed E-state index contributed by atoms with van der Waals surface area (Å²) >= 11 is 0. The van der Waals surface area contributed by atoms with Crippen molar-refractivity contribution in [3.63, 3.8) is 0 Å². The smallest absolute Gasteiger partial charge is 0.306 e. The average Bonchev–Trinajstić information content (AvgIpc) is 3.26. The van der Waals surface area contributed by atoms with Crippen LogP contribution in [-0.2, 0) is 28.8 Å². The van der Waals surface area contributed by atoms with E-state index in [1.165, 1.54) is 11.1 Å². The van der Waals surface area contributed by atoms with Crippen molar-refractivity contribution < 1.29 is 19.4 Å². The van der Waals surface area contributed by atoms with Crippen LogP contribution in [0.1, 0.15) is 68.7 Å². The second kappa shape index (κ2) is 13.4. The van der Waals surface area contributed by atoms with Gasteiger partial charge in [-0.2, -0.15) is 5.26 Å². The van der Waals surface area contributed by atoms with Gasteiger partial charge in [0.2, 0.25) is 0 Å². The number of carbonyl (C=O) groups excluding carboxylic acids is 1. The van der Waals surface area contributed by atoms with Gasteiger partial charge in [-0.15, -0.1) is 0 Å². The number of nitrogens with zero attached hydrogens (tertiary/aromatic N) is 1. The van der Waals surface area contributed by atoms with Gasteiger partial charge >= 0.3 is 5.97 Å². The van der Waals surface area contributed by atoms with Crippen LogP contribution in [0.4, 0.5) is 0 Å². The summed E-state index contributed by atoms with van der Waals surface area (Å²) in [6.07, 6.45) is 5.17. The molecule has 1 aliphatic rings. The number of hydrogen-bond donors (Lipinski definition) is 2. The maximum Gasteiger partial charge on any atom is 0.306 e. The molecule has 3 rings (SSSR count). The number of nitriles is 1. The van der Waals surface area contributed by atoms with Crippen molar-refractivity contribution in [1.29, 1.82) is 5.26 Å². The molecule has 6 nitrogen and oxygen atoms in total. The summed E-state index contributed by atoms with van der Waals surface area (Å²) in [5, 5.41) is 23.5. The van der Waals surface area contributed by atoms with Crippen LogP contribution in [0, 0.1) is 17.2 Å². The Bertz CT molecular complexity index is 1020. The van der Waals surface area contributed by atoms with Gasteiger partial charge in [-0.05, 0) is 80.7 Å². The van der Waals surface area contributed by atoms with Crippen LogP contribution in [0.15, 0.2) is 42.5 Å². The number of carbonyl (C=O) groups is 1. The van der Waals surface area contributed by atoms with E-state index in [9.17, 15) is 15.2 Å². The molecule has 1 unspecified atom stereocenters. The van der Waals surface area contributed by atoms with Gasteiger partial charge in [-0.1, -0.05) is 43.7 Å². The number of hydrogen-bond acceptors (Lipinski definition) is 6. The highest BCUT2D eigenvalue weighted by Crippen LogP contribution is 2.32. The van der Waals surface area contributed by atoms with Crippen LogP contribution in [-0.4, -0.2) is 42.5 Å². The van der Waals surface area contributed by atoms with Gasteiger partial charge in [0.25, 0.3) is 0 Å². The number of aliphatic hydroxyl groups excluding tert-OH is 1. The number of aliphatic hydroxyl groups is 1. The predicted molar refractivity (Wildman–Crippen MR) is 141 cm³/mol. The standard InChI is InChI=1S/C30H40N2O4/c1-4-5-14-35-29(34)13-11-22-10-12-26(19-31)28(17-22)36-21-27(33)20-32-30(2,3)18-23-15-24-8-6-7-9-25(24)16-23/h6-10,12,17,23,27,32-33H,4-5,11,13-16,18,20-21H2,1-3H3. The lowest BCUT2D eigenvalue weighted by Gasteiger charge is -2.30. The summed E-state index contributed by atoms with van der Waals surface area (Å²) in [7, 11) is 0. The Morgan fingerprint density at radius 3 is 2.61 bits per heavy atom. The Balaban J connectivity index is 1.44. The zero-order valence-electron chi connectivity index (χ0n) is 21.9. The highest BCUT2D eigenvalue weighted by molar-refractivity contribution is 5.69. The number of fused-ring (bicyclic) bond motifs is 1. The molecule has 0 saturated heterocycles. The molecule has 0 bridgehead atoms. The molecule has 2 aromatic rings. The maximum atomic E-state index is 11.9. The van der Waals surface area contributed by atoms with E-state index in [0.717, 1.165) is 37.7 Å². The number of unbranched alkanes of at least 4 members (excludes halogenated alkanes) is 1. The Labute approximate surface area is 215 Å². The molecular formula is C30H40N2O4. The third-order valence-electron chi connectivity index (χ3n) is 6.73. The first kappa shape index (κ1) is 27.7. The molecule has 0 radical (unpaired) electrons. The third kappa shape index (κ3) is 8.65. The van der Waals surface area contributed by atoms with Gasteiger partial charge in [0.05, 0.1) is 12.2 Å². The number of rotatable bonds is 14. The van der Waals surface area contributed by atoms with Gasteiger partial charge in [0.1, 0.15) is 24.5 Å². The molecule has 2 N–H and O–H groups in total. The zero-order chi connectivity index (χ0) is 26.0. The van der Waals surface area contributed by atoms with Crippen molar-refractivity contribution >= 4 is 5.97 Å². The monoisotopic (exact) mass is 492 g/mol. The molecule has 194 valence electrons. The molecule has 6 heteroatoms. The summed E-state index contributed by atoms with van der Waals surface area (Å²) in [5.41, 5.74) is 4.09. The first-order valence-corrected chi connectivity index (χ1v) is 13.1. The first-order valence-electron chi connectivity index (χ1n) is 13.1. The quantitative estimate of drug-likeness (QED) is 0.292. The Kier molecular flexibility index (Phi) is 10.3. The molecule has 0 aliphatic heterocycles. The third-order valence-corrected chi connectivity index (χ3v) is 6.73. The highest BCUT2D eigenvalue weighted by Gasteiger charge is 2.28. The van der Waals surface area contributed by atoms with Gasteiger partial charge < -0.3 is 19.9 Å². The zero-order valence-corrected chi connectivity index (χ0v) is 21.9. The summed E-state index contributed by atoms with van der Waals surface area (Å²) < 4.78 is 11.0. The van der Waals surface area contributed by atoms with E-state index < -0.39 is 6.10 Å². The summed E-state index contributed by atoms with van der Waals surface area (Å²) in [6.45, 7) is 7.33. The largest absolute Gasteiger partial charge is 0.489 e. The average molecular weight is 493 g/mol. The number of aryl methyl sites for hydroxylation is 1. The Morgan fingerprint density at radius 1 is 1.22 bits per heavy atom. The minimum Gasteiger partial charge on any atom is -0.489 e. The van der Waals surface area contributed by atoms with E-state index in [2.05, 4.69) is 56.4 Å². The van der Waals surface area contributed by atoms with Crippen molar-refractivity contribution in [2.45, 2.75) is 77.4 Å². The number of nitrogens with one attached hydrogen (secondary N) is 1. The maximum absolute atomic E-state index is 11.9. The van der Waals surface area contributed by atoms with E-state index in [-0.39, 0.29) is 24.5 Å². The highest BCUT2D eigenvalue weighted by atomic mass is 16.5. The number of ether oxygens (including phenoxy) is 2. The lowest BCUT2D eigenvalue weighted by molar-refractivity contribution is -0.143. The van der Waals surface area contributed by atoms with Crippen LogP contribution in [0.3, 0.4) is 0 Å². The van der Waals surface area contributed by atoms with Crippen LogP contribution < -0.4 is 10.1 Å². The molecule has 1 atom stereocenters. The van der Waals surface area contributed by atoms with Crippen molar-refractivity contribution in [1.82, 2.24) is 5.32 Å². The van der Waals surface area contributed by atoms with Crippen LogP contribution in [0.2, 0.25) is 0 Å². The Morgan fingerprint density at radius 2 is 1.94 bits per heavy atom. The molecule has 0 fully saturated rings. The lowest BCUT2D eigenvalue weighted by atomic mass is 9.88. The van der Waals surface area contributed by atoms with E-state index in [0.29, 0.717) is 36.8 Å². The van der Waals surface area contributed by atoms with Crippen LogP contribution in [0.5, 0.6) is 5.75 Å². The summed E-state index contributed by atoms with van der Waals surface area (Å²) in [6, 6.07) is 16.1. The number of esters is 1.